The summed E-state index contributed by atoms with van der Waals surface area (Å²) in [5, 5.41) is 11.1. The highest BCUT2D eigenvalue weighted by molar-refractivity contribution is 7.99. The van der Waals surface area contributed by atoms with Crippen molar-refractivity contribution in [3.05, 3.63) is 66.2 Å². The first kappa shape index (κ1) is 23.3. The molecular formula is C23H26O7S. The lowest BCUT2D eigenvalue weighted by atomic mass is 9.99. The molecule has 0 aliphatic carbocycles. The molecule has 0 radical (unpaired) electrons. The second-order valence-electron chi connectivity index (χ2n) is 7.10. The van der Waals surface area contributed by atoms with Crippen LogP contribution in [-0.4, -0.2) is 53.5 Å². The van der Waals surface area contributed by atoms with Crippen LogP contribution in [0.3, 0.4) is 0 Å². The summed E-state index contributed by atoms with van der Waals surface area (Å²) in [7, 11) is 0. The molecule has 3 rings (SSSR count). The fourth-order valence-corrected chi connectivity index (χ4v) is 4.33. The van der Waals surface area contributed by atoms with Crippen molar-refractivity contribution in [2.45, 2.75) is 55.2 Å². The third kappa shape index (κ3) is 6.80. The molecule has 7 nitrogen and oxygen atoms in total. The normalized spacial score (nSPS) is 25.6. The summed E-state index contributed by atoms with van der Waals surface area (Å²) in [6, 6.07) is 19.0. The predicted molar refractivity (Wildman–Crippen MR) is 114 cm³/mol. The van der Waals surface area contributed by atoms with Crippen molar-refractivity contribution in [1.82, 2.24) is 0 Å². The van der Waals surface area contributed by atoms with Gasteiger partial charge in [-0.2, -0.15) is 0 Å². The van der Waals surface area contributed by atoms with Crippen molar-refractivity contribution in [1.29, 1.82) is 0 Å². The number of carbonyl (C=O) groups excluding carboxylic acids is 2. The van der Waals surface area contributed by atoms with Gasteiger partial charge in [0, 0.05) is 18.7 Å². The van der Waals surface area contributed by atoms with Gasteiger partial charge in [-0.1, -0.05) is 60.3 Å². The van der Waals surface area contributed by atoms with E-state index in [9.17, 15) is 14.7 Å². The summed E-state index contributed by atoms with van der Waals surface area (Å²) in [6.07, 6.45) is -3.70. The van der Waals surface area contributed by atoms with Crippen molar-refractivity contribution >= 4 is 23.7 Å². The maximum atomic E-state index is 11.8. The Morgan fingerprint density at radius 3 is 2.23 bits per heavy atom. The Morgan fingerprint density at radius 2 is 1.61 bits per heavy atom. The van der Waals surface area contributed by atoms with E-state index in [4.69, 9.17) is 18.9 Å². The number of hydrogen-bond donors (Lipinski definition) is 1. The number of hydrogen-bond acceptors (Lipinski definition) is 8. The molecule has 0 aromatic heterocycles. The standard InChI is InChI=1S/C23H26O7S/c1-15(24)27-14-19-21(29-16(2)25)22(28-13-17-9-5-3-6-10-17)20(26)23(30-19)31-18-11-7-4-8-12-18/h3-12,19-23,26H,13-14H2,1-2H3/t19-,20-,21-,22-,23+/m1/s1. The van der Waals surface area contributed by atoms with E-state index < -0.39 is 41.8 Å². The third-order valence-electron chi connectivity index (χ3n) is 4.65. The predicted octanol–water partition coefficient (Wildman–Crippen LogP) is 2.94. The number of benzene rings is 2. The van der Waals surface area contributed by atoms with Crippen molar-refractivity contribution in [2.24, 2.45) is 0 Å². The molecule has 1 heterocycles. The smallest absolute Gasteiger partial charge is 0.303 e. The van der Waals surface area contributed by atoms with Gasteiger partial charge in [-0.3, -0.25) is 9.59 Å². The van der Waals surface area contributed by atoms with Gasteiger partial charge in [0.25, 0.3) is 0 Å². The van der Waals surface area contributed by atoms with Crippen LogP contribution in [-0.2, 0) is 35.1 Å². The van der Waals surface area contributed by atoms with E-state index in [0.717, 1.165) is 10.5 Å². The van der Waals surface area contributed by atoms with E-state index in [-0.39, 0.29) is 13.2 Å². The van der Waals surface area contributed by atoms with Crippen molar-refractivity contribution in [3.63, 3.8) is 0 Å². The minimum absolute atomic E-state index is 0.128. The zero-order chi connectivity index (χ0) is 22.2. The number of carbonyl (C=O) groups is 2. The number of thioether (sulfide) groups is 1. The Bertz CT molecular complexity index is 846. The fourth-order valence-electron chi connectivity index (χ4n) is 3.25. The first-order valence-corrected chi connectivity index (χ1v) is 10.8. The number of esters is 2. The Morgan fingerprint density at radius 1 is 0.968 bits per heavy atom. The molecule has 0 amide bonds. The van der Waals surface area contributed by atoms with Crippen LogP contribution in [0.5, 0.6) is 0 Å². The number of rotatable bonds is 8. The zero-order valence-corrected chi connectivity index (χ0v) is 18.2. The molecule has 5 atom stereocenters. The number of aliphatic hydroxyl groups is 1. The van der Waals surface area contributed by atoms with Gasteiger partial charge in [0.05, 0.1) is 6.61 Å². The average Bonchev–Trinajstić information content (AvgIpc) is 2.75. The molecule has 8 heteroatoms. The van der Waals surface area contributed by atoms with Crippen LogP contribution in [0.15, 0.2) is 65.6 Å². The summed E-state index contributed by atoms with van der Waals surface area (Å²) in [5.41, 5.74) is 0.196. The van der Waals surface area contributed by atoms with E-state index in [1.165, 1.54) is 25.6 Å². The summed E-state index contributed by atoms with van der Waals surface area (Å²) in [4.78, 5) is 24.0. The topological polar surface area (TPSA) is 91.3 Å². The van der Waals surface area contributed by atoms with Gasteiger partial charge in [0.15, 0.2) is 6.10 Å². The maximum Gasteiger partial charge on any atom is 0.303 e. The van der Waals surface area contributed by atoms with Gasteiger partial charge < -0.3 is 24.1 Å². The highest BCUT2D eigenvalue weighted by Gasteiger charge is 2.48. The third-order valence-corrected chi connectivity index (χ3v) is 5.81. The van der Waals surface area contributed by atoms with Crippen molar-refractivity contribution in [3.8, 4) is 0 Å². The van der Waals surface area contributed by atoms with Crippen LogP contribution in [0.25, 0.3) is 0 Å². The van der Waals surface area contributed by atoms with Crippen LogP contribution >= 0.6 is 11.8 Å². The lowest BCUT2D eigenvalue weighted by Gasteiger charge is -2.43. The molecule has 1 aliphatic rings. The molecule has 2 aromatic rings. The molecule has 0 unspecified atom stereocenters. The first-order chi connectivity index (χ1) is 14.9. The Labute approximate surface area is 185 Å². The SMILES string of the molecule is CC(=O)OC[C@H]1O[C@@H](Sc2ccccc2)[C@H](O)[C@@H](OCc2ccccc2)[C@@H]1OC(C)=O. The van der Waals surface area contributed by atoms with Crippen molar-refractivity contribution < 1.29 is 33.6 Å². The highest BCUT2D eigenvalue weighted by atomic mass is 32.2. The molecule has 1 fully saturated rings. The summed E-state index contributed by atoms with van der Waals surface area (Å²) in [6.45, 7) is 2.65. The zero-order valence-electron chi connectivity index (χ0n) is 17.4. The summed E-state index contributed by atoms with van der Waals surface area (Å²) in [5.74, 6) is -1.03. The largest absolute Gasteiger partial charge is 0.463 e. The molecular weight excluding hydrogens is 420 g/mol. The quantitative estimate of drug-likeness (QED) is 0.619. The summed E-state index contributed by atoms with van der Waals surface area (Å²) >= 11 is 1.32. The number of ether oxygens (including phenoxy) is 4. The highest BCUT2D eigenvalue weighted by Crippen LogP contribution is 2.36. The summed E-state index contributed by atoms with van der Waals surface area (Å²) < 4.78 is 22.7. The van der Waals surface area contributed by atoms with Crippen LogP contribution in [0.4, 0.5) is 0 Å². The minimum atomic E-state index is -1.09. The van der Waals surface area contributed by atoms with E-state index in [1.54, 1.807) is 0 Å². The lowest BCUT2D eigenvalue weighted by molar-refractivity contribution is -0.235. The van der Waals surface area contributed by atoms with Crippen LogP contribution in [0.2, 0.25) is 0 Å². The van der Waals surface area contributed by atoms with Crippen LogP contribution in [0.1, 0.15) is 19.4 Å². The molecule has 0 bridgehead atoms. The van der Waals surface area contributed by atoms with Gasteiger partial charge in [-0.05, 0) is 17.7 Å². The van der Waals surface area contributed by atoms with Crippen LogP contribution < -0.4 is 0 Å². The lowest BCUT2D eigenvalue weighted by Crippen LogP contribution is -2.60. The molecule has 1 saturated heterocycles. The van der Waals surface area contributed by atoms with Crippen molar-refractivity contribution in [2.75, 3.05) is 6.61 Å². The molecule has 166 valence electrons. The van der Waals surface area contributed by atoms with E-state index in [1.807, 2.05) is 60.7 Å². The van der Waals surface area contributed by atoms with Gasteiger partial charge in [-0.25, -0.2) is 0 Å². The monoisotopic (exact) mass is 446 g/mol. The molecule has 0 saturated carbocycles. The average molecular weight is 447 g/mol. The molecule has 1 aliphatic heterocycles. The fraction of sp³-hybridized carbons (Fsp3) is 0.391. The van der Waals surface area contributed by atoms with Gasteiger partial charge in [0.2, 0.25) is 0 Å². The Kier molecular flexibility index (Phi) is 8.48. The molecule has 0 spiro atoms. The van der Waals surface area contributed by atoms with Gasteiger partial charge in [0.1, 0.15) is 30.4 Å². The van der Waals surface area contributed by atoms with E-state index >= 15 is 0 Å². The Hall–Kier alpha value is -2.39. The Balaban J connectivity index is 1.83. The van der Waals surface area contributed by atoms with E-state index in [0.29, 0.717) is 0 Å². The second kappa shape index (κ2) is 11.3. The minimum Gasteiger partial charge on any atom is -0.463 e. The molecule has 31 heavy (non-hydrogen) atoms. The van der Waals surface area contributed by atoms with Gasteiger partial charge >= 0.3 is 11.9 Å². The second-order valence-corrected chi connectivity index (χ2v) is 8.27. The number of aliphatic hydroxyl groups excluding tert-OH is 1. The van der Waals surface area contributed by atoms with Gasteiger partial charge in [-0.15, -0.1) is 0 Å². The molecule has 2 aromatic carbocycles. The van der Waals surface area contributed by atoms with E-state index in [2.05, 4.69) is 0 Å². The van der Waals surface area contributed by atoms with Crippen LogP contribution in [0, 0.1) is 0 Å². The maximum absolute atomic E-state index is 11.8. The first-order valence-electron chi connectivity index (χ1n) is 9.95. The molecule has 1 N–H and O–H groups in total.